The molecule has 0 aromatic carbocycles. The van der Waals surface area contributed by atoms with Gasteiger partial charge in [-0.1, -0.05) is 13.8 Å². The molecule has 0 amide bonds. The Hall–Kier alpha value is -0.0662. The molecule has 4 heteroatoms. The van der Waals surface area contributed by atoms with Crippen LogP contribution < -0.4 is 0 Å². The van der Waals surface area contributed by atoms with Gasteiger partial charge in [-0.3, -0.25) is 0 Å². The van der Waals surface area contributed by atoms with Gasteiger partial charge in [0, 0.05) is 6.42 Å². The summed E-state index contributed by atoms with van der Waals surface area (Å²) in [6.45, 7) is 21.8. The smallest absolute Gasteiger partial charge is 0.241 e. The zero-order valence-corrected chi connectivity index (χ0v) is 23.4. The van der Waals surface area contributed by atoms with Crippen molar-refractivity contribution in [3.63, 3.8) is 0 Å². The van der Waals surface area contributed by atoms with Crippen LogP contribution in [0.1, 0.15) is 72.1 Å². The summed E-state index contributed by atoms with van der Waals surface area (Å²) in [6, 6.07) is 0. The van der Waals surface area contributed by atoms with Gasteiger partial charge in [0.2, 0.25) is 8.32 Å². The normalized spacial score (nSPS) is 46.5. The first-order valence-electron chi connectivity index (χ1n) is 12.8. The van der Waals surface area contributed by atoms with Crippen molar-refractivity contribution in [2.75, 3.05) is 0 Å². The molecular formula is C26H48O2Si2. The number of rotatable bonds is 4. The Morgan fingerprint density at radius 3 is 2.13 bits per heavy atom. The van der Waals surface area contributed by atoms with Gasteiger partial charge in [0.1, 0.15) is 0 Å². The fourth-order valence-corrected chi connectivity index (χ4v) is 11.0. The molecule has 0 heterocycles. The summed E-state index contributed by atoms with van der Waals surface area (Å²) < 4.78 is 13.4. The lowest BCUT2D eigenvalue weighted by Crippen LogP contribution is -2.57. The van der Waals surface area contributed by atoms with Crippen LogP contribution in [0.3, 0.4) is 0 Å². The predicted molar refractivity (Wildman–Crippen MR) is 132 cm³/mol. The minimum Gasteiger partial charge on any atom is -0.548 e. The summed E-state index contributed by atoms with van der Waals surface area (Å²) in [5.74, 6) is 4.82. The summed E-state index contributed by atoms with van der Waals surface area (Å²) in [4.78, 5) is 0. The molecule has 0 bridgehead atoms. The molecule has 172 valence electrons. The van der Waals surface area contributed by atoms with Gasteiger partial charge in [0.15, 0.2) is 8.32 Å². The van der Waals surface area contributed by atoms with Crippen LogP contribution in [-0.4, -0.2) is 22.2 Å². The first-order valence-corrected chi connectivity index (χ1v) is 19.6. The molecule has 4 aliphatic carbocycles. The molecule has 0 spiro atoms. The van der Waals surface area contributed by atoms with Gasteiger partial charge in [0.05, 0.1) is 11.4 Å². The van der Waals surface area contributed by atoms with Crippen molar-refractivity contribution in [3.8, 4) is 0 Å². The Morgan fingerprint density at radius 1 is 0.833 bits per heavy atom. The molecular weight excluding hydrogens is 400 g/mol. The highest BCUT2D eigenvalue weighted by atomic mass is 28.4. The van der Waals surface area contributed by atoms with Gasteiger partial charge in [-0.2, -0.15) is 0 Å². The SMILES string of the molecule is C[C@]12CCC3C(CC[C@H]4CC(O[Si](C)(C)C)=CC[C@]34C)C1CC[C@]2(C)O[Si](C)(C)C. The van der Waals surface area contributed by atoms with E-state index in [1.54, 1.807) is 0 Å². The number of hydrogen-bond acceptors (Lipinski definition) is 2. The number of allylic oxidation sites excluding steroid dienone is 2. The van der Waals surface area contributed by atoms with Crippen LogP contribution in [0.2, 0.25) is 39.3 Å². The van der Waals surface area contributed by atoms with E-state index in [1.807, 2.05) is 0 Å². The lowest BCUT2D eigenvalue weighted by molar-refractivity contribution is -0.133. The fraction of sp³-hybridized carbons (Fsp3) is 0.923. The Balaban J connectivity index is 1.56. The molecule has 3 fully saturated rings. The van der Waals surface area contributed by atoms with E-state index in [2.05, 4.69) is 66.1 Å². The average Bonchev–Trinajstić information content (AvgIpc) is 2.83. The maximum absolute atomic E-state index is 6.95. The second kappa shape index (κ2) is 7.22. The standard InChI is InChI=1S/C26H48O2Si2/c1-24-15-12-20(27-29(4,5)6)18-19(24)10-11-21-22(24)13-16-25(2)23(21)14-17-26(25,3)28-30(7,8)9/h12,19,21-23H,10-11,13-18H2,1-9H3/t19-,21?,22?,23?,24-,25-,26-/m0/s1. The maximum atomic E-state index is 6.95. The van der Waals surface area contributed by atoms with E-state index >= 15 is 0 Å². The summed E-state index contributed by atoms with van der Waals surface area (Å²) in [6.07, 6.45) is 13.2. The Labute approximate surface area is 188 Å². The van der Waals surface area contributed by atoms with E-state index in [0.717, 1.165) is 23.7 Å². The van der Waals surface area contributed by atoms with E-state index in [0.29, 0.717) is 10.8 Å². The van der Waals surface area contributed by atoms with Crippen molar-refractivity contribution in [1.82, 2.24) is 0 Å². The Bertz CT molecular complexity index is 705. The molecule has 4 aliphatic rings. The van der Waals surface area contributed by atoms with Crippen molar-refractivity contribution in [2.24, 2.45) is 34.5 Å². The molecule has 0 saturated heterocycles. The fourth-order valence-electron chi connectivity index (χ4n) is 8.39. The van der Waals surface area contributed by atoms with Gasteiger partial charge >= 0.3 is 0 Å². The summed E-state index contributed by atoms with van der Waals surface area (Å²) in [5.41, 5.74) is 0.944. The third-order valence-electron chi connectivity index (χ3n) is 9.78. The minimum atomic E-state index is -1.55. The minimum absolute atomic E-state index is 0.0929. The first kappa shape index (κ1) is 23.1. The van der Waals surface area contributed by atoms with E-state index in [-0.39, 0.29) is 5.60 Å². The van der Waals surface area contributed by atoms with Gasteiger partial charge in [-0.15, -0.1) is 0 Å². The molecule has 30 heavy (non-hydrogen) atoms. The predicted octanol–water partition coefficient (Wildman–Crippen LogP) is 7.98. The van der Waals surface area contributed by atoms with Crippen molar-refractivity contribution in [1.29, 1.82) is 0 Å². The first-order chi connectivity index (χ1) is 13.7. The topological polar surface area (TPSA) is 18.5 Å². The van der Waals surface area contributed by atoms with Crippen molar-refractivity contribution in [2.45, 2.75) is 117 Å². The summed E-state index contributed by atoms with van der Waals surface area (Å²) in [7, 11) is -3.05. The second-order valence-electron chi connectivity index (χ2n) is 13.9. The molecule has 0 radical (unpaired) electrons. The highest BCUT2D eigenvalue weighted by Crippen LogP contribution is 2.69. The second-order valence-corrected chi connectivity index (χ2v) is 22.7. The molecule has 2 nitrogen and oxygen atoms in total. The van der Waals surface area contributed by atoms with E-state index < -0.39 is 16.6 Å². The molecule has 0 aromatic rings. The lowest BCUT2D eigenvalue weighted by atomic mass is 9.45. The molecule has 0 N–H and O–H groups in total. The van der Waals surface area contributed by atoms with Crippen LogP contribution in [0.25, 0.3) is 0 Å². The largest absolute Gasteiger partial charge is 0.548 e. The quantitative estimate of drug-likeness (QED) is 0.406. The third-order valence-corrected chi connectivity index (χ3v) is 11.7. The van der Waals surface area contributed by atoms with Gasteiger partial charge in [-0.25, -0.2) is 0 Å². The van der Waals surface area contributed by atoms with Crippen LogP contribution in [0, 0.1) is 34.5 Å². The Kier molecular flexibility index (Phi) is 5.56. The van der Waals surface area contributed by atoms with Crippen LogP contribution in [0.4, 0.5) is 0 Å². The van der Waals surface area contributed by atoms with Crippen LogP contribution in [-0.2, 0) is 8.85 Å². The van der Waals surface area contributed by atoms with Crippen molar-refractivity contribution >= 4 is 16.6 Å². The van der Waals surface area contributed by atoms with Gasteiger partial charge in [-0.05, 0) is 132 Å². The molecule has 7 atom stereocenters. The van der Waals surface area contributed by atoms with Crippen LogP contribution >= 0.6 is 0 Å². The van der Waals surface area contributed by atoms with Crippen molar-refractivity contribution in [3.05, 3.63) is 11.8 Å². The molecule has 0 aromatic heterocycles. The van der Waals surface area contributed by atoms with E-state index in [9.17, 15) is 0 Å². The highest BCUT2D eigenvalue weighted by molar-refractivity contribution is 6.70. The lowest BCUT2D eigenvalue weighted by Gasteiger charge is -2.61. The zero-order chi connectivity index (χ0) is 22.2. The number of fused-ring (bicyclic) bond motifs is 5. The van der Waals surface area contributed by atoms with Gasteiger partial charge < -0.3 is 8.85 Å². The Morgan fingerprint density at radius 2 is 1.50 bits per heavy atom. The van der Waals surface area contributed by atoms with Crippen LogP contribution in [0.15, 0.2) is 11.8 Å². The average molecular weight is 449 g/mol. The molecule has 3 unspecified atom stereocenters. The maximum Gasteiger partial charge on any atom is 0.241 e. The molecule has 4 rings (SSSR count). The number of hydrogen-bond donors (Lipinski definition) is 0. The van der Waals surface area contributed by atoms with E-state index in [4.69, 9.17) is 8.85 Å². The monoisotopic (exact) mass is 448 g/mol. The molecule has 3 saturated carbocycles. The van der Waals surface area contributed by atoms with E-state index in [1.165, 1.54) is 57.1 Å². The summed E-state index contributed by atoms with van der Waals surface area (Å²) >= 11 is 0. The molecule has 0 aliphatic heterocycles. The van der Waals surface area contributed by atoms with Crippen LogP contribution in [0.5, 0.6) is 0 Å². The summed E-state index contributed by atoms with van der Waals surface area (Å²) in [5, 5.41) is 0. The van der Waals surface area contributed by atoms with Crippen molar-refractivity contribution < 1.29 is 8.85 Å². The van der Waals surface area contributed by atoms with Gasteiger partial charge in [0.25, 0.3) is 0 Å². The zero-order valence-electron chi connectivity index (χ0n) is 21.4. The highest BCUT2D eigenvalue weighted by Gasteiger charge is 2.64. The third kappa shape index (κ3) is 3.81.